The number of hydrogen-bond acceptors (Lipinski definition) is 2. The third-order valence-corrected chi connectivity index (χ3v) is 1.71. The number of para-hydroxylation sites is 1. The van der Waals surface area contributed by atoms with Crippen LogP contribution in [0.5, 0.6) is 0 Å². The molecule has 0 aliphatic carbocycles. The lowest BCUT2D eigenvalue weighted by molar-refractivity contribution is -0.116. The molecule has 12 heavy (non-hydrogen) atoms. The van der Waals surface area contributed by atoms with Gasteiger partial charge >= 0.3 is 0 Å². The Bertz CT molecular complexity index is 296. The minimum Gasteiger partial charge on any atom is -0.273 e. The van der Waals surface area contributed by atoms with Crippen LogP contribution in [0.15, 0.2) is 24.3 Å². The second-order valence-electron chi connectivity index (χ2n) is 2.68. The Balaban J connectivity index is 3.02. The minimum atomic E-state index is -0.163. The number of carbonyl (C=O) groups excluding carboxylic acids is 1. The van der Waals surface area contributed by atoms with E-state index >= 15 is 0 Å². The van der Waals surface area contributed by atoms with Gasteiger partial charge in [-0.15, -0.1) is 0 Å². The van der Waals surface area contributed by atoms with Crippen LogP contribution in [0, 0.1) is 6.92 Å². The van der Waals surface area contributed by atoms with E-state index in [1.54, 1.807) is 0 Å². The highest BCUT2D eigenvalue weighted by Crippen LogP contribution is 2.15. The molecule has 0 heterocycles. The molecular formula is C9H12N2O. The van der Waals surface area contributed by atoms with Crippen molar-refractivity contribution in [2.45, 2.75) is 13.8 Å². The molecule has 64 valence electrons. The molecule has 3 heteroatoms. The van der Waals surface area contributed by atoms with Crippen LogP contribution in [0.4, 0.5) is 5.69 Å². The van der Waals surface area contributed by atoms with E-state index in [1.807, 2.05) is 31.2 Å². The van der Waals surface area contributed by atoms with Crippen LogP contribution in [0.25, 0.3) is 0 Å². The third kappa shape index (κ3) is 1.62. The molecular weight excluding hydrogens is 152 g/mol. The summed E-state index contributed by atoms with van der Waals surface area (Å²) >= 11 is 0. The summed E-state index contributed by atoms with van der Waals surface area (Å²) in [7, 11) is 0. The lowest BCUT2D eigenvalue weighted by Gasteiger charge is -2.16. The number of nitrogens with zero attached hydrogens (tertiary/aromatic N) is 1. The molecule has 0 radical (unpaired) electrons. The van der Waals surface area contributed by atoms with Gasteiger partial charge in [-0.1, -0.05) is 18.2 Å². The average molecular weight is 164 g/mol. The number of nitrogens with two attached hydrogens (primary N) is 1. The Morgan fingerprint density at radius 3 is 2.50 bits per heavy atom. The SMILES string of the molecule is CC(=O)N(N)c1ccccc1C. The number of benzene rings is 1. The van der Waals surface area contributed by atoms with Gasteiger partial charge in [0.2, 0.25) is 5.91 Å². The molecule has 0 saturated heterocycles. The van der Waals surface area contributed by atoms with E-state index in [0.717, 1.165) is 16.3 Å². The molecule has 0 aliphatic rings. The van der Waals surface area contributed by atoms with E-state index in [2.05, 4.69) is 0 Å². The van der Waals surface area contributed by atoms with Gasteiger partial charge in [0.15, 0.2) is 0 Å². The van der Waals surface area contributed by atoms with Gasteiger partial charge < -0.3 is 0 Å². The van der Waals surface area contributed by atoms with Crippen LogP contribution in [0.3, 0.4) is 0 Å². The Morgan fingerprint density at radius 2 is 2.00 bits per heavy atom. The van der Waals surface area contributed by atoms with Crippen molar-refractivity contribution in [2.24, 2.45) is 5.84 Å². The number of anilines is 1. The summed E-state index contributed by atoms with van der Waals surface area (Å²) in [6, 6.07) is 7.49. The summed E-state index contributed by atoms with van der Waals surface area (Å²) in [5.41, 5.74) is 1.75. The third-order valence-electron chi connectivity index (χ3n) is 1.71. The molecule has 0 aromatic heterocycles. The summed E-state index contributed by atoms with van der Waals surface area (Å²) in [5.74, 6) is 5.36. The molecule has 2 N–H and O–H groups in total. The largest absolute Gasteiger partial charge is 0.273 e. The van der Waals surface area contributed by atoms with E-state index in [4.69, 9.17) is 5.84 Å². The summed E-state index contributed by atoms with van der Waals surface area (Å²) in [6.07, 6.45) is 0. The summed E-state index contributed by atoms with van der Waals surface area (Å²) in [5, 5.41) is 1.15. The molecule has 0 spiro atoms. The topological polar surface area (TPSA) is 46.3 Å². The minimum absolute atomic E-state index is 0.163. The normalized spacial score (nSPS) is 9.58. The number of aryl methyl sites for hydroxylation is 1. The van der Waals surface area contributed by atoms with E-state index < -0.39 is 0 Å². The first kappa shape index (κ1) is 8.74. The van der Waals surface area contributed by atoms with Crippen LogP contribution in [-0.2, 0) is 4.79 Å². The van der Waals surface area contributed by atoms with Crippen molar-refractivity contribution < 1.29 is 4.79 Å². The van der Waals surface area contributed by atoms with Gasteiger partial charge in [-0.3, -0.25) is 4.79 Å². The predicted octanol–water partition coefficient (Wildman–Crippen LogP) is 1.22. The van der Waals surface area contributed by atoms with Crippen LogP contribution in [-0.4, -0.2) is 5.91 Å². The zero-order valence-corrected chi connectivity index (χ0v) is 7.24. The van der Waals surface area contributed by atoms with Crippen molar-refractivity contribution >= 4 is 11.6 Å². The number of hydrogen-bond donors (Lipinski definition) is 1. The fourth-order valence-corrected chi connectivity index (χ4v) is 1.00. The van der Waals surface area contributed by atoms with Gasteiger partial charge in [0, 0.05) is 6.92 Å². The van der Waals surface area contributed by atoms with Gasteiger partial charge in [-0.2, -0.15) is 0 Å². The Morgan fingerprint density at radius 1 is 1.42 bits per heavy atom. The van der Waals surface area contributed by atoms with E-state index in [0.29, 0.717) is 0 Å². The maximum absolute atomic E-state index is 10.9. The Kier molecular flexibility index (Phi) is 2.45. The van der Waals surface area contributed by atoms with Crippen LogP contribution in [0.2, 0.25) is 0 Å². The highest BCUT2D eigenvalue weighted by Gasteiger charge is 2.07. The van der Waals surface area contributed by atoms with Crippen molar-refractivity contribution in [1.29, 1.82) is 0 Å². The first-order valence-electron chi connectivity index (χ1n) is 3.74. The summed E-state index contributed by atoms with van der Waals surface area (Å²) in [6.45, 7) is 3.35. The van der Waals surface area contributed by atoms with E-state index in [9.17, 15) is 4.79 Å². The molecule has 1 rings (SSSR count). The predicted molar refractivity (Wildman–Crippen MR) is 48.5 cm³/mol. The van der Waals surface area contributed by atoms with E-state index in [-0.39, 0.29) is 5.91 Å². The maximum Gasteiger partial charge on any atom is 0.238 e. The fraction of sp³-hybridized carbons (Fsp3) is 0.222. The standard InChI is InChI=1S/C9H12N2O/c1-7-5-3-4-6-9(7)11(10)8(2)12/h3-6H,10H2,1-2H3. The highest BCUT2D eigenvalue weighted by atomic mass is 16.2. The first-order valence-corrected chi connectivity index (χ1v) is 3.74. The van der Waals surface area contributed by atoms with Crippen molar-refractivity contribution in [1.82, 2.24) is 0 Å². The maximum atomic E-state index is 10.9. The van der Waals surface area contributed by atoms with E-state index in [1.165, 1.54) is 6.92 Å². The van der Waals surface area contributed by atoms with Crippen molar-refractivity contribution in [3.05, 3.63) is 29.8 Å². The molecule has 0 bridgehead atoms. The number of amides is 1. The molecule has 0 saturated carbocycles. The average Bonchev–Trinajstić information content (AvgIpc) is 2.04. The molecule has 1 aromatic carbocycles. The van der Waals surface area contributed by atoms with Crippen molar-refractivity contribution in [3.63, 3.8) is 0 Å². The van der Waals surface area contributed by atoms with Crippen LogP contribution in [0.1, 0.15) is 12.5 Å². The molecule has 0 unspecified atom stereocenters. The van der Waals surface area contributed by atoms with Crippen molar-refractivity contribution in [2.75, 3.05) is 5.01 Å². The smallest absolute Gasteiger partial charge is 0.238 e. The molecule has 0 fully saturated rings. The quantitative estimate of drug-likeness (QED) is 0.385. The zero-order chi connectivity index (χ0) is 9.14. The first-order chi connectivity index (χ1) is 5.63. The number of rotatable bonds is 1. The molecule has 3 nitrogen and oxygen atoms in total. The molecule has 1 amide bonds. The lowest BCUT2D eigenvalue weighted by Crippen LogP contribution is -2.35. The Labute approximate surface area is 71.8 Å². The van der Waals surface area contributed by atoms with Gasteiger partial charge in [-0.05, 0) is 18.6 Å². The monoisotopic (exact) mass is 164 g/mol. The van der Waals surface area contributed by atoms with Gasteiger partial charge in [-0.25, -0.2) is 10.9 Å². The van der Waals surface area contributed by atoms with Gasteiger partial charge in [0.25, 0.3) is 0 Å². The second-order valence-corrected chi connectivity index (χ2v) is 2.68. The lowest BCUT2D eigenvalue weighted by atomic mass is 10.2. The molecule has 0 atom stereocenters. The molecule has 0 aliphatic heterocycles. The number of hydrazine groups is 1. The molecule has 1 aromatic rings. The van der Waals surface area contributed by atoms with Crippen LogP contribution >= 0.6 is 0 Å². The summed E-state index contributed by atoms with van der Waals surface area (Å²) in [4.78, 5) is 10.9. The summed E-state index contributed by atoms with van der Waals surface area (Å²) < 4.78 is 0. The van der Waals surface area contributed by atoms with Crippen LogP contribution < -0.4 is 10.9 Å². The number of carbonyl (C=O) groups is 1. The zero-order valence-electron chi connectivity index (χ0n) is 7.24. The van der Waals surface area contributed by atoms with Gasteiger partial charge in [0.1, 0.15) is 0 Å². The highest BCUT2D eigenvalue weighted by molar-refractivity contribution is 5.90. The fourth-order valence-electron chi connectivity index (χ4n) is 1.00. The van der Waals surface area contributed by atoms with Crippen molar-refractivity contribution in [3.8, 4) is 0 Å². The Hall–Kier alpha value is -1.35. The second kappa shape index (κ2) is 3.36. The van der Waals surface area contributed by atoms with Gasteiger partial charge in [0.05, 0.1) is 5.69 Å².